The van der Waals surface area contributed by atoms with Crippen LogP contribution >= 0.6 is 0 Å². The maximum absolute atomic E-state index is 11.4. The van der Waals surface area contributed by atoms with Gasteiger partial charge >= 0.3 is 0 Å². The van der Waals surface area contributed by atoms with Gasteiger partial charge in [0.25, 0.3) is 0 Å². The van der Waals surface area contributed by atoms with Crippen molar-refractivity contribution in [2.45, 2.75) is 26.8 Å². The predicted molar refractivity (Wildman–Crippen MR) is 54.6 cm³/mol. The summed E-state index contributed by atoms with van der Waals surface area (Å²) < 4.78 is 0. The highest BCUT2D eigenvalue weighted by molar-refractivity contribution is 5.87. The molecule has 0 heterocycles. The van der Waals surface area contributed by atoms with Crippen LogP contribution in [-0.4, -0.2) is 42.4 Å². The van der Waals surface area contributed by atoms with Crippen LogP contribution in [0.5, 0.6) is 0 Å². The third-order valence-electron chi connectivity index (χ3n) is 1.79. The molecule has 0 saturated heterocycles. The summed E-state index contributed by atoms with van der Waals surface area (Å²) in [6, 6.07) is -0.552. The largest absolute Gasteiger partial charge is 0.355 e. The second kappa shape index (κ2) is 6.37. The summed E-state index contributed by atoms with van der Waals surface area (Å²) in [6.45, 7) is 6.43. The molecular weight excluding hydrogens is 182 g/mol. The van der Waals surface area contributed by atoms with E-state index in [9.17, 15) is 9.59 Å². The van der Waals surface area contributed by atoms with Crippen molar-refractivity contribution in [2.75, 3.05) is 19.6 Å². The second-order valence-electron chi connectivity index (χ2n) is 3.09. The van der Waals surface area contributed by atoms with Gasteiger partial charge in [-0.15, -0.1) is 0 Å². The number of rotatable bonds is 5. The van der Waals surface area contributed by atoms with Gasteiger partial charge in [0.1, 0.15) is 0 Å². The van der Waals surface area contributed by atoms with Gasteiger partial charge in [-0.3, -0.25) is 9.59 Å². The zero-order valence-electron chi connectivity index (χ0n) is 9.04. The lowest BCUT2D eigenvalue weighted by molar-refractivity contribution is -0.136. The molecule has 0 aliphatic carbocycles. The topological polar surface area (TPSA) is 75.4 Å². The number of nitrogens with zero attached hydrogens (tertiary/aromatic N) is 1. The van der Waals surface area contributed by atoms with E-state index in [-0.39, 0.29) is 18.4 Å². The van der Waals surface area contributed by atoms with Gasteiger partial charge in [-0.2, -0.15) is 0 Å². The number of amides is 2. The molecule has 0 radical (unpaired) electrons. The number of carbonyl (C=O) groups excluding carboxylic acids is 2. The highest BCUT2D eigenvalue weighted by Gasteiger charge is 2.17. The summed E-state index contributed by atoms with van der Waals surface area (Å²) in [6.07, 6.45) is 0. The van der Waals surface area contributed by atoms with Gasteiger partial charge in [0.15, 0.2) is 0 Å². The van der Waals surface area contributed by atoms with Crippen molar-refractivity contribution >= 4 is 11.8 Å². The lowest BCUT2D eigenvalue weighted by Crippen LogP contribution is -2.46. The molecular formula is C9H19N3O2. The van der Waals surface area contributed by atoms with Gasteiger partial charge < -0.3 is 16.0 Å². The van der Waals surface area contributed by atoms with Gasteiger partial charge in [-0.25, -0.2) is 0 Å². The first-order chi connectivity index (χ1) is 6.52. The van der Waals surface area contributed by atoms with E-state index in [4.69, 9.17) is 5.73 Å². The van der Waals surface area contributed by atoms with E-state index >= 15 is 0 Å². The van der Waals surface area contributed by atoms with Crippen LogP contribution in [0.1, 0.15) is 20.8 Å². The molecule has 5 heteroatoms. The fraction of sp³-hybridized carbons (Fsp3) is 0.778. The summed E-state index contributed by atoms with van der Waals surface area (Å²) in [5.41, 5.74) is 5.44. The summed E-state index contributed by atoms with van der Waals surface area (Å²) in [5, 5.41) is 2.63. The van der Waals surface area contributed by atoms with Crippen molar-refractivity contribution in [2.24, 2.45) is 5.73 Å². The van der Waals surface area contributed by atoms with Gasteiger partial charge in [-0.1, -0.05) is 0 Å². The van der Waals surface area contributed by atoms with E-state index in [1.165, 1.54) is 4.90 Å². The molecule has 0 aliphatic heterocycles. The Morgan fingerprint density at radius 1 is 1.43 bits per heavy atom. The molecule has 0 saturated carbocycles. The fourth-order valence-corrected chi connectivity index (χ4v) is 1.06. The normalized spacial score (nSPS) is 12.0. The summed E-state index contributed by atoms with van der Waals surface area (Å²) in [5.74, 6) is -0.345. The first-order valence-electron chi connectivity index (χ1n) is 4.83. The lowest BCUT2D eigenvalue weighted by atomic mass is 10.3. The minimum atomic E-state index is -0.552. The van der Waals surface area contributed by atoms with Crippen LogP contribution < -0.4 is 11.1 Å². The monoisotopic (exact) mass is 201 g/mol. The average molecular weight is 201 g/mol. The number of carbonyl (C=O) groups is 2. The van der Waals surface area contributed by atoms with E-state index in [1.54, 1.807) is 6.92 Å². The van der Waals surface area contributed by atoms with Crippen LogP contribution in [-0.2, 0) is 9.59 Å². The number of likely N-dealkylation sites (N-methyl/N-ethyl adjacent to an activating group) is 2. The van der Waals surface area contributed by atoms with Gasteiger partial charge in [0, 0.05) is 13.1 Å². The molecule has 82 valence electrons. The van der Waals surface area contributed by atoms with E-state index in [0.29, 0.717) is 13.1 Å². The van der Waals surface area contributed by atoms with Crippen LogP contribution in [0.2, 0.25) is 0 Å². The zero-order chi connectivity index (χ0) is 11.1. The van der Waals surface area contributed by atoms with Crippen LogP contribution in [0.4, 0.5) is 0 Å². The van der Waals surface area contributed by atoms with Crippen molar-refractivity contribution in [1.29, 1.82) is 0 Å². The molecule has 0 aromatic heterocycles. The van der Waals surface area contributed by atoms with Crippen LogP contribution in [0, 0.1) is 0 Å². The Morgan fingerprint density at radius 3 is 2.36 bits per heavy atom. The Kier molecular flexibility index (Phi) is 5.87. The molecule has 1 atom stereocenters. The molecule has 0 fully saturated rings. The minimum Gasteiger partial charge on any atom is -0.355 e. The first-order valence-corrected chi connectivity index (χ1v) is 4.83. The number of nitrogens with one attached hydrogen (secondary N) is 1. The van der Waals surface area contributed by atoms with E-state index in [2.05, 4.69) is 5.32 Å². The predicted octanol–water partition coefficient (Wildman–Crippen LogP) is -0.682. The van der Waals surface area contributed by atoms with Crippen molar-refractivity contribution in [1.82, 2.24) is 10.2 Å². The third kappa shape index (κ3) is 4.23. The summed E-state index contributed by atoms with van der Waals surface area (Å²) >= 11 is 0. The van der Waals surface area contributed by atoms with Crippen LogP contribution in [0.25, 0.3) is 0 Å². The van der Waals surface area contributed by atoms with E-state index in [1.807, 2.05) is 13.8 Å². The molecule has 14 heavy (non-hydrogen) atoms. The van der Waals surface area contributed by atoms with Gasteiger partial charge in [-0.05, 0) is 20.8 Å². The molecule has 3 N–H and O–H groups in total. The Morgan fingerprint density at radius 2 is 2.00 bits per heavy atom. The van der Waals surface area contributed by atoms with Gasteiger partial charge in [0.2, 0.25) is 11.8 Å². The Labute approximate surface area is 84.6 Å². The maximum Gasteiger partial charge on any atom is 0.239 e. The number of nitrogens with two attached hydrogens (primary N) is 1. The quantitative estimate of drug-likeness (QED) is 0.618. The molecule has 0 rings (SSSR count). The highest BCUT2D eigenvalue weighted by Crippen LogP contribution is 1.92. The smallest absolute Gasteiger partial charge is 0.239 e. The highest BCUT2D eigenvalue weighted by atomic mass is 16.2. The maximum atomic E-state index is 11.4. The molecule has 2 amide bonds. The molecule has 0 spiro atoms. The third-order valence-corrected chi connectivity index (χ3v) is 1.79. The molecule has 0 bridgehead atoms. The molecule has 5 nitrogen and oxygen atoms in total. The van der Waals surface area contributed by atoms with Crippen molar-refractivity contribution < 1.29 is 9.59 Å². The Bertz CT molecular complexity index is 204. The van der Waals surface area contributed by atoms with E-state index < -0.39 is 6.04 Å². The average Bonchev–Trinajstić information content (AvgIpc) is 2.13. The van der Waals surface area contributed by atoms with Crippen LogP contribution in [0.3, 0.4) is 0 Å². The molecule has 0 aliphatic rings. The Hall–Kier alpha value is -1.10. The van der Waals surface area contributed by atoms with Crippen molar-refractivity contribution in [3.8, 4) is 0 Å². The van der Waals surface area contributed by atoms with Crippen molar-refractivity contribution in [3.05, 3.63) is 0 Å². The molecule has 0 aromatic rings. The van der Waals surface area contributed by atoms with E-state index in [0.717, 1.165) is 0 Å². The summed E-state index contributed by atoms with van der Waals surface area (Å²) in [7, 11) is 0. The summed E-state index contributed by atoms with van der Waals surface area (Å²) in [4.78, 5) is 24.1. The second-order valence-corrected chi connectivity index (χ2v) is 3.09. The standard InChI is InChI=1S/C9H19N3O2/c1-4-11-8(13)6-12(5-2)9(14)7(3)10/h7H,4-6,10H2,1-3H3,(H,11,13)/t7-/m1/s1. The zero-order valence-corrected chi connectivity index (χ0v) is 9.04. The minimum absolute atomic E-state index is 0.0880. The molecule has 0 aromatic carbocycles. The van der Waals surface area contributed by atoms with Gasteiger partial charge in [0.05, 0.1) is 12.6 Å². The number of hydrogen-bond acceptors (Lipinski definition) is 3. The van der Waals surface area contributed by atoms with Crippen molar-refractivity contribution in [3.63, 3.8) is 0 Å². The van der Waals surface area contributed by atoms with Crippen LogP contribution in [0.15, 0.2) is 0 Å². The lowest BCUT2D eigenvalue weighted by Gasteiger charge is -2.21. The Balaban J connectivity index is 4.15. The fourth-order valence-electron chi connectivity index (χ4n) is 1.06. The molecule has 0 unspecified atom stereocenters. The SMILES string of the molecule is CCNC(=O)CN(CC)C(=O)[C@@H](C)N. The first kappa shape index (κ1) is 12.9. The number of hydrogen-bond donors (Lipinski definition) is 2.